The van der Waals surface area contributed by atoms with Gasteiger partial charge in [0.1, 0.15) is 0 Å². The van der Waals surface area contributed by atoms with Crippen molar-refractivity contribution in [2.24, 2.45) is 5.73 Å². The molecular formula is C8H13N5O. The number of hydrogen-bond acceptors (Lipinski definition) is 5. The Morgan fingerprint density at radius 1 is 1.57 bits per heavy atom. The monoisotopic (exact) mass is 195 g/mol. The number of nitrogen functional groups attached to an aromatic ring is 1. The molecule has 1 amide bonds. The van der Waals surface area contributed by atoms with E-state index in [1.807, 2.05) is 6.92 Å². The quantitative estimate of drug-likeness (QED) is 0.613. The highest BCUT2D eigenvalue weighted by atomic mass is 16.1. The summed E-state index contributed by atoms with van der Waals surface area (Å²) in [5, 5.41) is 2.92. The van der Waals surface area contributed by atoms with Crippen molar-refractivity contribution in [3.63, 3.8) is 0 Å². The van der Waals surface area contributed by atoms with Crippen LogP contribution in [0.2, 0.25) is 0 Å². The van der Waals surface area contributed by atoms with Gasteiger partial charge >= 0.3 is 0 Å². The lowest BCUT2D eigenvalue weighted by Crippen LogP contribution is -2.24. The third-order valence-electron chi connectivity index (χ3n) is 1.55. The lowest BCUT2D eigenvalue weighted by atomic mass is 10.2. The summed E-state index contributed by atoms with van der Waals surface area (Å²) in [6, 6.07) is -0.0869. The second-order valence-electron chi connectivity index (χ2n) is 3.06. The number of anilines is 2. The van der Waals surface area contributed by atoms with Crippen molar-refractivity contribution in [1.29, 1.82) is 0 Å². The summed E-state index contributed by atoms with van der Waals surface area (Å²) in [7, 11) is 0. The molecule has 0 radical (unpaired) electrons. The van der Waals surface area contributed by atoms with E-state index < -0.39 is 0 Å². The molecule has 0 saturated heterocycles. The van der Waals surface area contributed by atoms with Crippen molar-refractivity contribution in [2.75, 3.05) is 11.1 Å². The van der Waals surface area contributed by atoms with E-state index in [9.17, 15) is 4.79 Å². The average Bonchev–Trinajstić information content (AvgIpc) is 2.07. The number of nitrogens with two attached hydrogens (primary N) is 2. The first kappa shape index (κ1) is 10.2. The molecule has 1 aromatic rings. The number of primary amides is 1. The second-order valence-corrected chi connectivity index (χ2v) is 3.06. The molecule has 1 atom stereocenters. The van der Waals surface area contributed by atoms with Gasteiger partial charge in [0, 0.05) is 12.5 Å². The van der Waals surface area contributed by atoms with Gasteiger partial charge in [0.05, 0.1) is 18.1 Å². The Hall–Kier alpha value is -1.85. The fourth-order valence-electron chi connectivity index (χ4n) is 0.986. The molecule has 76 valence electrons. The highest BCUT2D eigenvalue weighted by Crippen LogP contribution is 2.03. The normalized spacial score (nSPS) is 12.1. The molecule has 5 N–H and O–H groups in total. The van der Waals surface area contributed by atoms with Gasteiger partial charge in [-0.05, 0) is 6.92 Å². The van der Waals surface area contributed by atoms with Gasteiger partial charge in [-0.3, -0.25) is 4.79 Å². The highest BCUT2D eigenvalue weighted by Gasteiger charge is 2.06. The zero-order chi connectivity index (χ0) is 10.6. The maximum Gasteiger partial charge on any atom is 0.222 e. The zero-order valence-electron chi connectivity index (χ0n) is 7.90. The smallest absolute Gasteiger partial charge is 0.222 e. The minimum Gasteiger partial charge on any atom is -0.396 e. The molecule has 0 aliphatic carbocycles. The molecule has 0 spiro atoms. The Labute approximate surface area is 81.7 Å². The van der Waals surface area contributed by atoms with E-state index in [0.717, 1.165) is 0 Å². The first-order chi connectivity index (χ1) is 6.58. The predicted octanol–water partition coefficient (Wildman–Crippen LogP) is -0.265. The highest BCUT2D eigenvalue weighted by molar-refractivity contribution is 5.74. The Balaban J connectivity index is 2.51. The molecule has 1 rings (SSSR count). The Morgan fingerprint density at radius 2 is 2.14 bits per heavy atom. The van der Waals surface area contributed by atoms with Gasteiger partial charge in [0.2, 0.25) is 11.9 Å². The van der Waals surface area contributed by atoms with Gasteiger partial charge < -0.3 is 16.8 Å². The van der Waals surface area contributed by atoms with Crippen LogP contribution in [-0.4, -0.2) is 21.9 Å². The molecule has 0 saturated carbocycles. The number of carbonyl (C=O) groups is 1. The van der Waals surface area contributed by atoms with Crippen LogP contribution < -0.4 is 16.8 Å². The standard InChI is InChI=1S/C8H13N5O/c1-5(2-7(10)14)13-8-11-3-6(9)4-12-8/h3-5H,2,9H2,1H3,(H2,10,14)(H,11,12,13). The van der Waals surface area contributed by atoms with Gasteiger partial charge in [-0.25, -0.2) is 9.97 Å². The van der Waals surface area contributed by atoms with Crippen LogP contribution in [0, 0.1) is 0 Å². The largest absolute Gasteiger partial charge is 0.396 e. The molecule has 0 fully saturated rings. The fraction of sp³-hybridized carbons (Fsp3) is 0.375. The van der Waals surface area contributed by atoms with Crippen LogP contribution in [-0.2, 0) is 4.79 Å². The minimum atomic E-state index is -0.361. The predicted molar refractivity (Wildman–Crippen MR) is 53.3 cm³/mol. The van der Waals surface area contributed by atoms with Crippen LogP contribution in [0.5, 0.6) is 0 Å². The maximum absolute atomic E-state index is 10.6. The van der Waals surface area contributed by atoms with E-state index in [4.69, 9.17) is 11.5 Å². The topological polar surface area (TPSA) is 107 Å². The molecule has 0 aliphatic heterocycles. The number of hydrogen-bond donors (Lipinski definition) is 3. The van der Waals surface area contributed by atoms with Crippen LogP contribution in [0.15, 0.2) is 12.4 Å². The molecule has 1 unspecified atom stereocenters. The SMILES string of the molecule is CC(CC(N)=O)Nc1ncc(N)cn1. The van der Waals surface area contributed by atoms with Crippen LogP contribution in [0.4, 0.5) is 11.6 Å². The number of amides is 1. The van der Waals surface area contributed by atoms with Crippen molar-refractivity contribution < 1.29 is 4.79 Å². The Morgan fingerprint density at radius 3 is 2.64 bits per heavy atom. The minimum absolute atomic E-state index is 0.0869. The number of carbonyl (C=O) groups excluding carboxylic acids is 1. The zero-order valence-corrected chi connectivity index (χ0v) is 7.90. The summed E-state index contributed by atoms with van der Waals surface area (Å²) in [5.41, 5.74) is 10.9. The van der Waals surface area contributed by atoms with Crippen LogP contribution in [0.3, 0.4) is 0 Å². The van der Waals surface area contributed by atoms with Crippen LogP contribution in [0.25, 0.3) is 0 Å². The van der Waals surface area contributed by atoms with Crippen molar-refractivity contribution >= 4 is 17.5 Å². The summed E-state index contributed by atoms with van der Waals surface area (Å²) < 4.78 is 0. The summed E-state index contributed by atoms with van der Waals surface area (Å²) in [5.74, 6) is 0.0772. The lowest BCUT2D eigenvalue weighted by molar-refractivity contribution is -0.118. The van der Waals surface area contributed by atoms with Crippen molar-refractivity contribution in [1.82, 2.24) is 9.97 Å². The second kappa shape index (κ2) is 4.40. The van der Waals surface area contributed by atoms with E-state index in [0.29, 0.717) is 11.6 Å². The third kappa shape index (κ3) is 3.26. The summed E-state index contributed by atoms with van der Waals surface area (Å²) in [6.45, 7) is 1.82. The average molecular weight is 195 g/mol. The van der Waals surface area contributed by atoms with Gasteiger partial charge in [0.15, 0.2) is 0 Å². The summed E-state index contributed by atoms with van der Waals surface area (Å²) in [6.07, 6.45) is 3.23. The number of aromatic nitrogens is 2. The van der Waals surface area contributed by atoms with Crippen LogP contribution in [0.1, 0.15) is 13.3 Å². The van der Waals surface area contributed by atoms with E-state index in [-0.39, 0.29) is 18.4 Å². The number of rotatable bonds is 4. The van der Waals surface area contributed by atoms with Gasteiger partial charge in [-0.1, -0.05) is 0 Å². The lowest BCUT2D eigenvalue weighted by Gasteiger charge is -2.10. The Kier molecular flexibility index (Phi) is 3.22. The van der Waals surface area contributed by atoms with E-state index in [1.165, 1.54) is 12.4 Å². The third-order valence-corrected chi connectivity index (χ3v) is 1.55. The van der Waals surface area contributed by atoms with Crippen LogP contribution >= 0.6 is 0 Å². The molecule has 1 aromatic heterocycles. The molecule has 6 heteroatoms. The molecule has 0 bridgehead atoms. The maximum atomic E-state index is 10.6. The number of nitrogens with zero attached hydrogens (tertiary/aromatic N) is 2. The van der Waals surface area contributed by atoms with Gasteiger partial charge in [-0.2, -0.15) is 0 Å². The van der Waals surface area contributed by atoms with E-state index in [1.54, 1.807) is 0 Å². The van der Waals surface area contributed by atoms with Gasteiger partial charge in [-0.15, -0.1) is 0 Å². The first-order valence-corrected chi connectivity index (χ1v) is 4.20. The van der Waals surface area contributed by atoms with E-state index >= 15 is 0 Å². The summed E-state index contributed by atoms with van der Waals surface area (Å²) in [4.78, 5) is 18.4. The Bertz CT molecular complexity index is 310. The molecule has 0 aliphatic rings. The molecule has 0 aromatic carbocycles. The van der Waals surface area contributed by atoms with E-state index in [2.05, 4.69) is 15.3 Å². The fourth-order valence-corrected chi connectivity index (χ4v) is 0.986. The number of nitrogens with one attached hydrogen (secondary N) is 1. The van der Waals surface area contributed by atoms with Crippen molar-refractivity contribution in [3.8, 4) is 0 Å². The first-order valence-electron chi connectivity index (χ1n) is 4.20. The molecule has 6 nitrogen and oxygen atoms in total. The summed E-state index contributed by atoms with van der Waals surface area (Å²) >= 11 is 0. The molecular weight excluding hydrogens is 182 g/mol. The van der Waals surface area contributed by atoms with Crippen molar-refractivity contribution in [2.45, 2.75) is 19.4 Å². The molecule has 14 heavy (non-hydrogen) atoms. The molecule has 1 heterocycles. The van der Waals surface area contributed by atoms with Crippen molar-refractivity contribution in [3.05, 3.63) is 12.4 Å². The van der Waals surface area contributed by atoms with Gasteiger partial charge in [0.25, 0.3) is 0 Å².